The molecule has 0 bridgehead atoms. The van der Waals surface area contributed by atoms with Crippen molar-refractivity contribution in [2.45, 2.75) is 0 Å². The van der Waals surface area contributed by atoms with Gasteiger partial charge < -0.3 is 9.13 Å². The first-order valence-electron chi connectivity index (χ1n) is 17.2. The van der Waals surface area contributed by atoms with E-state index in [0.29, 0.717) is 0 Å². The highest BCUT2D eigenvalue weighted by Crippen LogP contribution is 2.41. The maximum absolute atomic E-state index is 2.43. The molecule has 0 saturated heterocycles. The molecule has 50 heavy (non-hydrogen) atoms. The number of aromatic nitrogens is 2. The summed E-state index contributed by atoms with van der Waals surface area (Å²) in [4.78, 5) is 0. The van der Waals surface area contributed by atoms with Crippen molar-refractivity contribution in [2.24, 2.45) is 0 Å². The SMILES string of the molecule is c1ccc(-c2ccc3c(c2)c2ccccc2n3-c2ccccc2-c2ccc(-c3cccc4c3c3ccccc3n4-c3ccccc3)cc2)cc1. The molecule has 10 rings (SSSR count). The molecule has 0 N–H and O–H groups in total. The Morgan fingerprint density at radius 1 is 0.280 bits per heavy atom. The molecule has 0 aliphatic heterocycles. The maximum atomic E-state index is 2.43. The Hall–Kier alpha value is -6.64. The summed E-state index contributed by atoms with van der Waals surface area (Å²) in [5, 5.41) is 5.06. The molecule has 0 aliphatic carbocycles. The van der Waals surface area contributed by atoms with Crippen LogP contribution in [0.25, 0.3) is 88.4 Å². The van der Waals surface area contributed by atoms with E-state index in [1.807, 2.05) is 0 Å². The average Bonchev–Trinajstić information content (AvgIpc) is 3.71. The Labute approximate surface area is 290 Å². The Balaban J connectivity index is 1.11. The van der Waals surface area contributed by atoms with Gasteiger partial charge in [0.05, 0.1) is 27.8 Å². The van der Waals surface area contributed by atoms with Crippen molar-refractivity contribution in [1.82, 2.24) is 9.13 Å². The topological polar surface area (TPSA) is 9.86 Å². The molecular weight excluding hydrogens is 605 g/mol. The lowest BCUT2D eigenvalue weighted by Gasteiger charge is -2.15. The second-order valence-electron chi connectivity index (χ2n) is 12.9. The normalized spacial score (nSPS) is 11.6. The van der Waals surface area contributed by atoms with Gasteiger partial charge in [-0.1, -0.05) is 146 Å². The third-order valence-electron chi connectivity index (χ3n) is 10.1. The molecule has 0 unspecified atom stereocenters. The monoisotopic (exact) mass is 636 g/mol. The van der Waals surface area contributed by atoms with Crippen molar-refractivity contribution >= 4 is 43.6 Å². The molecule has 0 radical (unpaired) electrons. The van der Waals surface area contributed by atoms with Crippen LogP contribution in [-0.2, 0) is 0 Å². The number of hydrogen-bond donors (Lipinski definition) is 0. The number of rotatable bonds is 5. The van der Waals surface area contributed by atoms with Crippen molar-refractivity contribution in [3.63, 3.8) is 0 Å². The van der Waals surface area contributed by atoms with Gasteiger partial charge in [-0.05, 0) is 76.3 Å². The predicted molar refractivity (Wildman–Crippen MR) is 211 cm³/mol. The summed E-state index contributed by atoms with van der Waals surface area (Å²) in [5.41, 5.74) is 14.5. The summed E-state index contributed by atoms with van der Waals surface area (Å²) >= 11 is 0. The number of fused-ring (bicyclic) bond motifs is 6. The van der Waals surface area contributed by atoms with Gasteiger partial charge in [-0.3, -0.25) is 0 Å². The van der Waals surface area contributed by atoms with E-state index in [4.69, 9.17) is 0 Å². The predicted octanol–water partition coefficient (Wildman–Crippen LogP) is 12.9. The molecule has 234 valence electrons. The fourth-order valence-corrected chi connectivity index (χ4v) is 7.90. The van der Waals surface area contributed by atoms with Gasteiger partial charge in [0.25, 0.3) is 0 Å². The summed E-state index contributed by atoms with van der Waals surface area (Å²) < 4.78 is 4.81. The molecule has 0 amide bonds. The molecular formula is C48H32N2. The van der Waals surface area contributed by atoms with E-state index < -0.39 is 0 Å². The Kier molecular flexibility index (Phi) is 6.53. The van der Waals surface area contributed by atoms with Crippen molar-refractivity contribution in [3.8, 4) is 44.8 Å². The fourth-order valence-electron chi connectivity index (χ4n) is 7.90. The van der Waals surface area contributed by atoms with Gasteiger partial charge in [0.15, 0.2) is 0 Å². The number of para-hydroxylation sites is 4. The van der Waals surface area contributed by atoms with Gasteiger partial charge in [-0.15, -0.1) is 0 Å². The lowest BCUT2D eigenvalue weighted by atomic mass is 9.96. The van der Waals surface area contributed by atoms with Gasteiger partial charge in [0.1, 0.15) is 0 Å². The lowest BCUT2D eigenvalue weighted by Crippen LogP contribution is -1.97. The zero-order valence-corrected chi connectivity index (χ0v) is 27.4. The van der Waals surface area contributed by atoms with Crippen LogP contribution in [0.3, 0.4) is 0 Å². The molecule has 0 saturated carbocycles. The summed E-state index contributed by atoms with van der Waals surface area (Å²) in [5.74, 6) is 0. The molecule has 0 spiro atoms. The minimum atomic E-state index is 1.17. The van der Waals surface area contributed by atoms with Crippen LogP contribution in [0.4, 0.5) is 0 Å². The van der Waals surface area contributed by atoms with Gasteiger partial charge in [-0.2, -0.15) is 0 Å². The third-order valence-corrected chi connectivity index (χ3v) is 10.1. The highest BCUT2D eigenvalue weighted by Gasteiger charge is 2.18. The van der Waals surface area contributed by atoms with Crippen LogP contribution < -0.4 is 0 Å². The van der Waals surface area contributed by atoms with E-state index >= 15 is 0 Å². The van der Waals surface area contributed by atoms with Gasteiger partial charge >= 0.3 is 0 Å². The summed E-state index contributed by atoms with van der Waals surface area (Å²) in [6.07, 6.45) is 0. The highest BCUT2D eigenvalue weighted by molar-refractivity contribution is 6.16. The van der Waals surface area contributed by atoms with Crippen LogP contribution in [0.2, 0.25) is 0 Å². The van der Waals surface area contributed by atoms with Gasteiger partial charge in [0.2, 0.25) is 0 Å². The zero-order valence-electron chi connectivity index (χ0n) is 27.4. The van der Waals surface area contributed by atoms with Gasteiger partial charge in [-0.25, -0.2) is 0 Å². The molecule has 0 aliphatic rings. The summed E-state index contributed by atoms with van der Waals surface area (Å²) in [7, 11) is 0. The fraction of sp³-hybridized carbons (Fsp3) is 0. The van der Waals surface area contributed by atoms with Crippen molar-refractivity contribution in [3.05, 3.63) is 194 Å². The quantitative estimate of drug-likeness (QED) is 0.178. The molecule has 10 aromatic rings. The van der Waals surface area contributed by atoms with Crippen LogP contribution in [0.1, 0.15) is 0 Å². The second-order valence-corrected chi connectivity index (χ2v) is 12.9. The van der Waals surface area contributed by atoms with Gasteiger partial charge in [0, 0.05) is 32.8 Å². The summed E-state index contributed by atoms with van der Waals surface area (Å²) in [6.45, 7) is 0. The van der Waals surface area contributed by atoms with Crippen LogP contribution in [0.15, 0.2) is 194 Å². The summed E-state index contributed by atoms with van der Waals surface area (Å²) in [6, 6.07) is 70.3. The first-order valence-corrected chi connectivity index (χ1v) is 17.2. The highest BCUT2D eigenvalue weighted by atomic mass is 15.0. The smallest absolute Gasteiger partial charge is 0.0547 e. The number of benzene rings is 8. The minimum Gasteiger partial charge on any atom is -0.309 e. The second kappa shape index (κ2) is 11.5. The van der Waals surface area contributed by atoms with E-state index in [2.05, 4.69) is 203 Å². The van der Waals surface area contributed by atoms with E-state index in [-0.39, 0.29) is 0 Å². The first-order chi connectivity index (χ1) is 24.8. The van der Waals surface area contributed by atoms with E-state index in [0.717, 1.165) is 0 Å². The first kappa shape index (κ1) is 28.4. The van der Waals surface area contributed by atoms with Crippen LogP contribution in [0, 0.1) is 0 Å². The maximum Gasteiger partial charge on any atom is 0.0547 e. The van der Waals surface area contributed by atoms with Crippen molar-refractivity contribution in [1.29, 1.82) is 0 Å². The van der Waals surface area contributed by atoms with E-state index in [1.54, 1.807) is 0 Å². The molecule has 2 nitrogen and oxygen atoms in total. The van der Waals surface area contributed by atoms with Crippen molar-refractivity contribution in [2.75, 3.05) is 0 Å². The van der Waals surface area contributed by atoms with Crippen LogP contribution >= 0.6 is 0 Å². The third kappa shape index (κ3) is 4.43. The largest absolute Gasteiger partial charge is 0.309 e. The van der Waals surface area contributed by atoms with E-state index in [9.17, 15) is 0 Å². The molecule has 0 fully saturated rings. The minimum absolute atomic E-state index is 1.17. The lowest BCUT2D eigenvalue weighted by molar-refractivity contribution is 1.18. The Morgan fingerprint density at radius 2 is 0.820 bits per heavy atom. The molecule has 2 aromatic heterocycles. The zero-order chi connectivity index (χ0) is 33.0. The Morgan fingerprint density at radius 3 is 1.60 bits per heavy atom. The average molecular weight is 637 g/mol. The molecule has 8 aromatic carbocycles. The van der Waals surface area contributed by atoms with Crippen LogP contribution in [-0.4, -0.2) is 9.13 Å². The van der Waals surface area contributed by atoms with E-state index in [1.165, 1.54) is 88.4 Å². The molecule has 2 heteroatoms. The number of nitrogens with zero attached hydrogens (tertiary/aromatic N) is 2. The molecule has 2 heterocycles. The van der Waals surface area contributed by atoms with Crippen molar-refractivity contribution < 1.29 is 0 Å². The Bertz CT molecular complexity index is 2840. The van der Waals surface area contributed by atoms with Crippen LogP contribution in [0.5, 0.6) is 0 Å². The standard InChI is InChI=1S/C48H32N2/c1-3-14-33(15-4-1)36-30-31-46-42(32-36)40-19-8-11-23-44(40)50(46)43-22-10-7-18-38(43)34-26-28-35(29-27-34)39-21-13-25-47-48(39)41-20-9-12-24-45(41)49(47)37-16-5-2-6-17-37/h1-32H. The molecule has 0 atom stereocenters. The number of hydrogen-bond acceptors (Lipinski definition) is 0.